The second kappa shape index (κ2) is 5.21. The van der Waals surface area contributed by atoms with Crippen molar-refractivity contribution in [3.63, 3.8) is 0 Å². The molecule has 0 aliphatic heterocycles. The third-order valence-electron chi connectivity index (χ3n) is 1.58. The number of hydrogen-bond acceptors (Lipinski definition) is 3. The zero-order valence-corrected chi connectivity index (χ0v) is 10.1. The lowest BCUT2D eigenvalue weighted by Gasteiger charge is -2.06. The molecule has 0 heterocycles. The quantitative estimate of drug-likeness (QED) is 0.781. The summed E-state index contributed by atoms with van der Waals surface area (Å²) in [5, 5.41) is 9.02. The van der Waals surface area contributed by atoms with Crippen LogP contribution in [-0.4, -0.2) is 26.4 Å². The Balaban J connectivity index is 3.17. The van der Waals surface area contributed by atoms with Crippen LogP contribution in [0.3, 0.4) is 0 Å². The van der Waals surface area contributed by atoms with Crippen molar-refractivity contribution in [3.05, 3.63) is 28.8 Å². The van der Waals surface area contributed by atoms with Crippen LogP contribution in [0.5, 0.6) is 0 Å². The Kier molecular flexibility index (Phi) is 4.19. The molecule has 16 heavy (non-hydrogen) atoms. The molecule has 0 aliphatic rings. The lowest BCUT2D eigenvalue weighted by molar-refractivity contribution is 0.350. The molecule has 0 saturated carbocycles. The van der Waals surface area contributed by atoms with E-state index in [4.69, 9.17) is 16.7 Å². The summed E-state index contributed by atoms with van der Waals surface area (Å²) in [7, 11) is -3.36. The fraction of sp³-hybridized carbons (Fsp3) is 0.200. The number of aliphatic hydroxyl groups is 1. The Morgan fingerprint density at radius 1 is 1.50 bits per heavy atom. The second-order valence-electron chi connectivity index (χ2n) is 3.02. The first-order valence-electron chi connectivity index (χ1n) is 4.29. The lowest BCUT2D eigenvalue weighted by atomic mass is 10.2. The molecular weight excluding hydrogens is 250 g/mol. The highest BCUT2D eigenvalue weighted by Crippen LogP contribution is 2.20. The van der Waals surface area contributed by atoms with Crippen molar-refractivity contribution in [1.82, 2.24) is 0 Å². The fourth-order valence-corrected chi connectivity index (χ4v) is 1.79. The average Bonchev–Trinajstić information content (AvgIpc) is 2.16. The molecule has 1 rings (SSSR count). The Morgan fingerprint density at radius 2 is 2.19 bits per heavy atom. The van der Waals surface area contributed by atoms with E-state index in [9.17, 15) is 8.42 Å². The Hall–Kier alpha value is -1.22. The van der Waals surface area contributed by atoms with Gasteiger partial charge in [-0.15, -0.1) is 0 Å². The standard InChI is InChI=1S/C10H10ClNO3S/c1-16(14,15)12-10-5-4-9(11)7-8(10)3-2-6-13/h4-5,7,12-13H,6H2,1H3. The van der Waals surface area contributed by atoms with Crippen LogP contribution in [0, 0.1) is 11.8 Å². The summed E-state index contributed by atoms with van der Waals surface area (Å²) in [6, 6.07) is 4.60. The predicted molar refractivity (Wildman–Crippen MR) is 63.9 cm³/mol. The highest BCUT2D eigenvalue weighted by Gasteiger charge is 2.06. The van der Waals surface area contributed by atoms with Gasteiger partial charge in [0.2, 0.25) is 10.0 Å². The molecule has 0 aliphatic carbocycles. The molecule has 0 unspecified atom stereocenters. The summed E-state index contributed by atoms with van der Waals surface area (Å²) < 4.78 is 24.5. The smallest absolute Gasteiger partial charge is 0.229 e. The molecule has 1 aromatic rings. The molecule has 0 amide bonds. The Bertz CT molecular complexity index is 543. The van der Waals surface area contributed by atoms with Gasteiger partial charge in [0.15, 0.2) is 0 Å². The van der Waals surface area contributed by atoms with Crippen molar-refractivity contribution in [1.29, 1.82) is 0 Å². The molecule has 0 atom stereocenters. The fourth-order valence-electron chi connectivity index (χ4n) is 1.04. The number of benzene rings is 1. The van der Waals surface area contributed by atoms with Crippen LogP contribution < -0.4 is 4.72 Å². The van der Waals surface area contributed by atoms with Gasteiger partial charge in [0.25, 0.3) is 0 Å². The zero-order chi connectivity index (χ0) is 12.2. The molecule has 0 spiro atoms. The number of rotatable bonds is 2. The molecule has 0 saturated heterocycles. The highest BCUT2D eigenvalue weighted by molar-refractivity contribution is 7.92. The first-order chi connectivity index (χ1) is 7.42. The van der Waals surface area contributed by atoms with Gasteiger partial charge in [-0.2, -0.15) is 0 Å². The normalized spacial score (nSPS) is 10.4. The summed E-state index contributed by atoms with van der Waals surface area (Å²) in [6.07, 6.45) is 1.05. The molecule has 0 bridgehead atoms. The number of hydrogen-bond donors (Lipinski definition) is 2. The molecule has 2 N–H and O–H groups in total. The summed E-state index contributed by atoms with van der Waals surface area (Å²) in [5.74, 6) is 5.04. The predicted octanol–water partition coefficient (Wildman–Crippen LogP) is 1.06. The Labute approximate surface area is 99.3 Å². The average molecular weight is 260 g/mol. The van der Waals surface area contributed by atoms with E-state index in [1.165, 1.54) is 12.1 Å². The van der Waals surface area contributed by atoms with Crippen LogP contribution >= 0.6 is 11.6 Å². The minimum absolute atomic E-state index is 0.301. The van der Waals surface area contributed by atoms with Crippen LogP contribution in [0.2, 0.25) is 5.02 Å². The molecule has 4 nitrogen and oxygen atoms in total. The van der Waals surface area contributed by atoms with Crippen molar-refractivity contribution in [2.45, 2.75) is 0 Å². The lowest BCUT2D eigenvalue weighted by Crippen LogP contribution is -2.10. The van der Waals surface area contributed by atoms with Gasteiger partial charge in [-0.05, 0) is 18.2 Å². The SMILES string of the molecule is CS(=O)(=O)Nc1ccc(Cl)cc1C#CCO. The summed E-state index contributed by atoms with van der Waals surface area (Å²) >= 11 is 5.76. The number of anilines is 1. The van der Waals surface area contributed by atoms with Gasteiger partial charge in [0.1, 0.15) is 6.61 Å². The largest absolute Gasteiger partial charge is 0.384 e. The number of sulfonamides is 1. The molecular formula is C10H10ClNO3S. The van der Waals surface area contributed by atoms with Crippen LogP contribution in [-0.2, 0) is 10.0 Å². The minimum Gasteiger partial charge on any atom is -0.384 e. The first-order valence-corrected chi connectivity index (χ1v) is 6.56. The summed E-state index contributed by atoms with van der Waals surface area (Å²) in [6.45, 7) is -0.301. The van der Waals surface area contributed by atoms with Gasteiger partial charge in [-0.3, -0.25) is 4.72 Å². The molecule has 86 valence electrons. The number of halogens is 1. The monoisotopic (exact) mass is 259 g/mol. The number of aliphatic hydroxyl groups excluding tert-OH is 1. The maximum absolute atomic E-state index is 11.1. The minimum atomic E-state index is -3.36. The van der Waals surface area contributed by atoms with Crippen LogP contribution in [0.15, 0.2) is 18.2 Å². The van der Waals surface area contributed by atoms with E-state index in [-0.39, 0.29) is 6.61 Å². The van der Waals surface area contributed by atoms with Crippen LogP contribution in [0.1, 0.15) is 5.56 Å². The summed E-state index contributed by atoms with van der Waals surface area (Å²) in [4.78, 5) is 0. The van der Waals surface area contributed by atoms with E-state index in [0.29, 0.717) is 16.3 Å². The molecule has 0 fully saturated rings. The molecule has 1 aromatic carbocycles. The number of nitrogens with one attached hydrogen (secondary N) is 1. The van der Waals surface area contributed by atoms with E-state index in [1.807, 2.05) is 0 Å². The maximum Gasteiger partial charge on any atom is 0.229 e. The van der Waals surface area contributed by atoms with E-state index in [0.717, 1.165) is 6.26 Å². The van der Waals surface area contributed by atoms with Crippen LogP contribution in [0.25, 0.3) is 0 Å². The van der Waals surface area contributed by atoms with Crippen molar-refractivity contribution >= 4 is 27.3 Å². The third kappa shape index (κ3) is 4.11. The Morgan fingerprint density at radius 3 is 2.75 bits per heavy atom. The van der Waals surface area contributed by atoms with E-state index in [1.54, 1.807) is 6.07 Å². The third-order valence-corrected chi connectivity index (χ3v) is 2.40. The van der Waals surface area contributed by atoms with Crippen molar-refractivity contribution in [3.8, 4) is 11.8 Å². The van der Waals surface area contributed by atoms with Gasteiger partial charge in [0.05, 0.1) is 17.5 Å². The summed E-state index contributed by atoms with van der Waals surface area (Å²) in [5.41, 5.74) is 0.764. The second-order valence-corrected chi connectivity index (χ2v) is 5.21. The van der Waals surface area contributed by atoms with Gasteiger partial charge >= 0.3 is 0 Å². The van der Waals surface area contributed by atoms with Crippen molar-refractivity contribution < 1.29 is 13.5 Å². The van der Waals surface area contributed by atoms with Gasteiger partial charge in [-0.25, -0.2) is 8.42 Å². The van der Waals surface area contributed by atoms with Crippen molar-refractivity contribution in [2.24, 2.45) is 0 Å². The van der Waals surface area contributed by atoms with Gasteiger partial charge in [-0.1, -0.05) is 23.4 Å². The van der Waals surface area contributed by atoms with Gasteiger partial charge < -0.3 is 5.11 Å². The molecule has 6 heteroatoms. The highest BCUT2D eigenvalue weighted by atomic mass is 35.5. The molecule has 0 radical (unpaired) electrons. The first kappa shape index (κ1) is 12.8. The maximum atomic E-state index is 11.1. The molecule has 0 aromatic heterocycles. The van der Waals surface area contributed by atoms with E-state index >= 15 is 0 Å². The topological polar surface area (TPSA) is 66.4 Å². The van der Waals surface area contributed by atoms with Crippen molar-refractivity contribution in [2.75, 3.05) is 17.6 Å². The van der Waals surface area contributed by atoms with Gasteiger partial charge in [0, 0.05) is 5.02 Å². The zero-order valence-electron chi connectivity index (χ0n) is 8.49. The van der Waals surface area contributed by atoms with Crippen LogP contribution in [0.4, 0.5) is 5.69 Å². The van der Waals surface area contributed by atoms with E-state index < -0.39 is 10.0 Å². The van der Waals surface area contributed by atoms with E-state index in [2.05, 4.69) is 16.6 Å².